The number of hydrogen-bond donors (Lipinski definition) is 1. The van der Waals surface area contributed by atoms with E-state index in [-0.39, 0.29) is 11.6 Å². The summed E-state index contributed by atoms with van der Waals surface area (Å²) in [5.41, 5.74) is 0.865. The van der Waals surface area contributed by atoms with Gasteiger partial charge in [-0.3, -0.25) is 4.79 Å². The molecule has 0 aliphatic heterocycles. The number of carbonyl (C=O) groups is 1. The maximum atomic E-state index is 11.9. The quantitative estimate of drug-likeness (QED) is 0.865. The van der Waals surface area contributed by atoms with E-state index in [1.54, 1.807) is 31.1 Å². The van der Waals surface area contributed by atoms with Crippen molar-refractivity contribution in [1.82, 2.24) is 10.3 Å². The summed E-state index contributed by atoms with van der Waals surface area (Å²) >= 11 is 0. The maximum Gasteiger partial charge on any atom is 0.281 e. The molecule has 6 nitrogen and oxygen atoms in total. The highest BCUT2D eigenvalue weighted by molar-refractivity contribution is 6.05. The summed E-state index contributed by atoms with van der Waals surface area (Å²) in [5.74, 6) is 0.0552. The molecule has 1 aromatic heterocycles. The second-order valence-electron chi connectivity index (χ2n) is 3.65. The molecule has 0 saturated heterocycles. The van der Waals surface area contributed by atoms with E-state index >= 15 is 0 Å². The van der Waals surface area contributed by atoms with Crippen LogP contribution >= 0.6 is 0 Å². The molecule has 17 heavy (non-hydrogen) atoms. The second kappa shape index (κ2) is 4.65. The Morgan fingerprint density at radius 3 is 2.59 bits per heavy atom. The third-order valence-electron chi connectivity index (χ3n) is 2.14. The van der Waals surface area contributed by atoms with Gasteiger partial charge in [-0.15, -0.1) is 0 Å². The maximum absolute atomic E-state index is 11.9. The molecular formula is C11H12N4O2. The van der Waals surface area contributed by atoms with Crippen LogP contribution in [0.5, 0.6) is 0 Å². The van der Waals surface area contributed by atoms with Crippen LogP contribution in [0.1, 0.15) is 10.5 Å². The van der Waals surface area contributed by atoms with Gasteiger partial charge in [0.15, 0.2) is 0 Å². The molecule has 0 fully saturated rings. The van der Waals surface area contributed by atoms with Gasteiger partial charge in [-0.05, 0) is 22.4 Å². The Bertz CT molecular complexity index is 507. The van der Waals surface area contributed by atoms with Gasteiger partial charge < -0.3 is 10.2 Å². The highest BCUT2D eigenvalue weighted by Gasteiger charge is 2.19. The number of amides is 1. The van der Waals surface area contributed by atoms with Crippen molar-refractivity contribution in [2.24, 2.45) is 0 Å². The Morgan fingerprint density at radius 2 is 1.94 bits per heavy atom. The molecular weight excluding hydrogens is 220 g/mol. The van der Waals surface area contributed by atoms with E-state index in [2.05, 4.69) is 20.3 Å². The molecule has 6 heteroatoms. The van der Waals surface area contributed by atoms with Gasteiger partial charge in [0.2, 0.25) is 11.5 Å². The number of hydrogen-bond acceptors (Lipinski definition) is 5. The molecule has 88 valence electrons. The number of benzene rings is 1. The molecule has 1 amide bonds. The smallest absolute Gasteiger partial charge is 0.281 e. The van der Waals surface area contributed by atoms with Crippen LogP contribution in [0.15, 0.2) is 35.0 Å². The average molecular weight is 232 g/mol. The van der Waals surface area contributed by atoms with Gasteiger partial charge in [0.05, 0.1) is 0 Å². The first-order valence-electron chi connectivity index (χ1n) is 5.05. The molecule has 2 aromatic rings. The third kappa shape index (κ3) is 2.41. The van der Waals surface area contributed by atoms with Crippen molar-refractivity contribution in [3.05, 3.63) is 36.0 Å². The summed E-state index contributed by atoms with van der Waals surface area (Å²) in [6.07, 6.45) is 0. The van der Waals surface area contributed by atoms with Gasteiger partial charge in [0.25, 0.3) is 5.91 Å². The monoisotopic (exact) mass is 232 g/mol. The highest BCUT2D eigenvalue weighted by Crippen LogP contribution is 2.15. The summed E-state index contributed by atoms with van der Waals surface area (Å²) in [6, 6.07) is 9.13. The van der Waals surface area contributed by atoms with Crippen LogP contribution in [0.25, 0.3) is 0 Å². The predicted molar refractivity (Wildman–Crippen MR) is 63.0 cm³/mol. The molecule has 0 spiro atoms. The molecule has 0 atom stereocenters. The minimum atomic E-state index is -0.346. The van der Waals surface area contributed by atoms with Crippen LogP contribution < -0.4 is 10.2 Å². The zero-order valence-electron chi connectivity index (χ0n) is 9.54. The number of para-hydroxylation sites is 1. The van der Waals surface area contributed by atoms with Gasteiger partial charge in [-0.2, -0.15) is 0 Å². The standard InChI is InChI=1S/C11H12N4O2/c1-15(2)10-9(13-17-14-10)11(16)12-8-6-4-3-5-7-8/h3-7H,1-2H3,(H,12,16). The first-order valence-corrected chi connectivity index (χ1v) is 5.05. The molecule has 0 unspecified atom stereocenters. The predicted octanol–water partition coefficient (Wildman–Crippen LogP) is 1.39. The fourth-order valence-electron chi connectivity index (χ4n) is 1.33. The van der Waals surface area contributed by atoms with Crippen LogP contribution in [-0.2, 0) is 0 Å². The van der Waals surface area contributed by atoms with E-state index in [9.17, 15) is 4.79 Å². The first-order chi connectivity index (χ1) is 8.18. The lowest BCUT2D eigenvalue weighted by Gasteiger charge is -2.08. The molecule has 1 heterocycles. The Morgan fingerprint density at radius 1 is 1.24 bits per heavy atom. The fraction of sp³-hybridized carbons (Fsp3) is 0.182. The van der Waals surface area contributed by atoms with E-state index in [0.717, 1.165) is 0 Å². The van der Waals surface area contributed by atoms with Gasteiger partial charge >= 0.3 is 0 Å². The first kappa shape index (κ1) is 11.1. The van der Waals surface area contributed by atoms with E-state index in [0.29, 0.717) is 11.5 Å². The number of carbonyl (C=O) groups excluding carboxylic acids is 1. The number of nitrogens with one attached hydrogen (secondary N) is 1. The number of aromatic nitrogens is 2. The minimum absolute atomic E-state index is 0.166. The topological polar surface area (TPSA) is 71.3 Å². The fourth-order valence-corrected chi connectivity index (χ4v) is 1.33. The Kier molecular flexibility index (Phi) is 3.04. The SMILES string of the molecule is CN(C)c1nonc1C(=O)Nc1ccccc1. The number of rotatable bonds is 3. The van der Waals surface area contributed by atoms with Gasteiger partial charge in [0.1, 0.15) is 0 Å². The van der Waals surface area contributed by atoms with Crippen LogP contribution in [-0.4, -0.2) is 30.3 Å². The molecule has 0 bridgehead atoms. The van der Waals surface area contributed by atoms with Crippen molar-refractivity contribution in [2.45, 2.75) is 0 Å². The summed E-state index contributed by atoms with van der Waals surface area (Å²) in [5, 5.41) is 9.96. The van der Waals surface area contributed by atoms with E-state index in [4.69, 9.17) is 0 Å². The molecule has 1 N–H and O–H groups in total. The van der Waals surface area contributed by atoms with Gasteiger partial charge in [-0.1, -0.05) is 18.2 Å². The van der Waals surface area contributed by atoms with Crippen LogP contribution in [0.3, 0.4) is 0 Å². The van der Waals surface area contributed by atoms with Crippen molar-refractivity contribution in [3.8, 4) is 0 Å². The Balaban J connectivity index is 2.18. The van der Waals surface area contributed by atoms with Crippen molar-refractivity contribution in [3.63, 3.8) is 0 Å². The lowest BCUT2D eigenvalue weighted by molar-refractivity contribution is 0.101. The van der Waals surface area contributed by atoms with Crippen LogP contribution in [0.2, 0.25) is 0 Å². The third-order valence-corrected chi connectivity index (χ3v) is 2.14. The van der Waals surface area contributed by atoms with Gasteiger partial charge in [0, 0.05) is 19.8 Å². The lowest BCUT2D eigenvalue weighted by Crippen LogP contribution is -2.18. The summed E-state index contributed by atoms with van der Waals surface area (Å²) in [7, 11) is 3.53. The lowest BCUT2D eigenvalue weighted by atomic mass is 10.3. The van der Waals surface area contributed by atoms with Crippen molar-refractivity contribution in [2.75, 3.05) is 24.3 Å². The Labute approximate surface area is 98.2 Å². The van der Waals surface area contributed by atoms with Gasteiger partial charge in [-0.25, -0.2) is 4.63 Å². The molecule has 1 aromatic carbocycles. The largest absolute Gasteiger partial charge is 0.358 e. The zero-order chi connectivity index (χ0) is 12.3. The summed E-state index contributed by atoms with van der Waals surface area (Å²) in [4.78, 5) is 13.6. The highest BCUT2D eigenvalue weighted by atomic mass is 16.6. The average Bonchev–Trinajstić information content (AvgIpc) is 2.79. The Hall–Kier alpha value is -2.37. The summed E-state index contributed by atoms with van der Waals surface area (Å²) < 4.78 is 4.56. The number of nitrogens with zero attached hydrogens (tertiary/aromatic N) is 3. The molecule has 0 aliphatic carbocycles. The molecule has 0 aliphatic rings. The summed E-state index contributed by atoms with van der Waals surface area (Å²) in [6.45, 7) is 0. The molecule has 0 saturated carbocycles. The molecule has 2 rings (SSSR count). The second-order valence-corrected chi connectivity index (χ2v) is 3.65. The van der Waals surface area contributed by atoms with Crippen LogP contribution in [0.4, 0.5) is 11.5 Å². The van der Waals surface area contributed by atoms with E-state index in [1.807, 2.05) is 18.2 Å². The van der Waals surface area contributed by atoms with E-state index in [1.165, 1.54) is 0 Å². The minimum Gasteiger partial charge on any atom is -0.358 e. The van der Waals surface area contributed by atoms with Crippen molar-refractivity contribution < 1.29 is 9.42 Å². The molecule has 0 radical (unpaired) electrons. The zero-order valence-corrected chi connectivity index (χ0v) is 9.54. The van der Waals surface area contributed by atoms with Crippen LogP contribution in [0, 0.1) is 0 Å². The van der Waals surface area contributed by atoms with Crippen molar-refractivity contribution >= 4 is 17.4 Å². The number of anilines is 2. The van der Waals surface area contributed by atoms with E-state index < -0.39 is 0 Å². The normalized spacial score (nSPS) is 10.0. The van der Waals surface area contributed by atoms with Crippen molar-refractivity contribution in [1.29, 1.82) is 0 Å².